The summed E-state index contributed by atoms with van der Waals surface area (Å²) in [5.41, 5.74) is 2.47. The molecule has 9 nitrogen and oxygen atoms in total. The van der Waals surface area contributed by atoms with Crippen molar-refractivity contribution in [2.75, 3.05) is 16.8 Å². The van der Waals surface area contributed by atoms with Gasteiger partial charge in [0.2, 0.25) is 8.41 Å². The van der Waals surface area contributed by atoms with Crippen molar-refractivity contribution in [3.63, 3.8) is 0 Å². The highest BCUT2D eigenvalue weighted by molar-refractivity contribution is 6.72. The minimum Gasteiger partial charge on any atom is -0.396 e. The predicted molar refractivity (Wildman–Crippen MR) is 172 cm³/mol. The van der Waals surface area contributed by atoms with Gasteiger partial charge in [-0.25, -0.2) is 0 Å². The molecule has 45 heavy (non-hydrogen) atoms. The number of nitrogens with one attached hydrogen (secondary N) is 1. The second kappa shape index (κ2) is 12.3. The Morgan fingerprint density at radius 1 is 1.09 bits per heavy atom. The summed E-state index contributed by atoms with van der Waals surface area (Å²) in [7, 11) is -3.30. The van der Waals surface area contributed by atoms with Crippen LogP contribution in [0.2, 0.25) is 18.6 Å². The first-order valence-electron chi connectivity index (χ1n) is 15.3. The number of amides is 2. The number of ether oxygens (including phenoxy) is 1. The average Bonchev–Trinajstić information content (AvgIpc) is 3.67. The molecule has 3 heterocycles. The number of nitrogens with zero attached hydrogens (tertiary/aromatic N) is 4. The van der Waals surface area contributed by atoms with Crippen LogP contribution < -0.4 is 10.2 Å². The number of benzene rings is 3. The molecule has 0 radical (unpaired) electrons. The molecule has 1 saturated heterocycles. The molecule has 2 N–H and O–H groups in total. The number of hydrogen-bond acceptors (Lipinski definition) is 6. The third-order valence-corrected chi connectivity index (χ3v) is 11.5. The van der Waals surface area contributed by atoms with Gasteiger partial charge in [0.05, 0.1) is 24.0 Å². The number of aromatic nitrogens is 3. The quantitative estimate of drug-likeness (QED) is 0.178. The number of para-hydroxylation sites is 1. The zero-order valence-corrected chi connectivity index (χ0v) is 26.7. The molecule has 1 spiro atoms. The number of anilines is 2. The van der Waals surface area contributed by atoms with E-state index in [-0.39, 0.29) is 25.0 Å². The summed E-state index contributed by atoms with van der Waals surface area (Å²) in [5.74, 6) is -0.815. The molecular formula is C34H38FN5O4Si. The van der Waals surface area contributed by atoms with Crippen LogP contribution in [0.25, 0.3) is 0 Å². The summed E-state index contributed by atoms with van der Waals surface area (Å²) in [6, 6.07) is 24.1. The molecule has 3 aromatic carbocycles. The van der Waals surface area contributed by atoms with Gasteiger partial charge in [-0.05, 0) is 55.4 Å². The first kappa shape index (κ1) is 30.8. The van der Waals surface area contributed by atoms with E-state index in [1.807, 2.05) is 73.7 Å². The largest absolute Gasteiger partial charge is 0.396 e. The van der Waals surface area contributed by atoms with Crippen molar-refractivity contribution in [1.82, 2.24) is 15.0 Å². The fraction of sp³-hybridized carbons (Fsp3) is 0.353. The third kappa shape index (κ3) is 5.83. The second-order valence-electron chi connectivity index (χ2n) is 12.4. The summed E-state index contributed by atoms with van der Waals surface area (Å²) in [6.45, 7) is 6.03. The van der Waals surface area contributed by atoms with Gasteiger partial charge in [-0.15, -0.1) is 5.10 Å². The van der Waals surface area contributed by atoms with Crippen molar-refractivity contribution in [2.45, 2.75) is 63.2 Å². The van der Waals surface area contributed by atoms with Gasteiger partial charge in [-0.2, -0.15) is 0 Å². The monoisotopic (exact) mass is 627 g/mol. The zero-order chi connectivity index (χ0) is 31.8. The molecule has 6 rings (SSSR count). The lowest BCUT2D eigenvalue weighted by Crippen LogP contribution is -2.45. The Morgan fingerprint density at radius 3 is 2.60 bits per heavy atom. The van der Waals surface area contributed by atoms with E-state index in [0.29, 0.717) is 36.3 Å². The Kier molecular flexibility index (Phi) is 8.42. The van der Waals surface area contributed by atoms with Crippen molar-refractivity contribution in [3.05, 3.63) is 107 Å². The minimum absolute atomic E-state index is 0.0151. The number of aliphatic hydroxyl groups excluding tert-OH is 1. The molecule has 1 fully saturated rings. The SMILES string of the molecule is C[C@H]1[C@H]([Si](C)(C)F)[C@@H](CCn2cc(CCO)nn2)O[C@]12C(=O)N(Cc1cccc(NC(=O)c3ccccc3)c1)c1ccccc12. The minimum atomic E-state index is -3.30. The maximum absolute atomic E-state index is 16.1. The molecule has 1 aromatic heterocycles. The summed E-state index contributed by atoms with van der Waals surface area (Å²) in [6.07, 6.45) is 2.17. The molecule has 0 saturated carbocycles. The lowest BCUT2D eigenvalue weighted by atomic mass is 9.82. The number of aryl methyl sites for hydroxylation is 1. The number of fused-ring (bicyclic) bond motifs is 2. The van der Waals surface area contributed by atoms with Crippen LogP contribution >= 0.6 is 0 Å². The summed E-state index contributed by atoms with van der Waals surface area (Å²) < 4.78 is 24.6. The Balaban J connectivity index is 1.27. The van der Waals surface area contributed by atoms with E-state index < -0.39 is 31.6 Å². The number of halogens is 1. The van der Waals surface area contributed by atoms with Crippen LogP contribution in [-0.2, 0) is 34.6 Å². The fourth-order valence-electron chi connectivity index (χ4n) is 7.09. The highest BCUT2D eigenvalue weighted by Gasteiger charge is 2.66. The van der Waals surface area contributed by atoms with Crippen LogP contribution in [0.4, 0.5) is 15.5 Å². The molecule has 2 aliphatic rings. The molecule has 234 valence electrons. The topological polar surface area (TPSA) is 110 Å². The van der Waals surface area contributed by atoms with Crippen molar-refractivity contribution < 1.29 is 23.5 Å². The number of carbonyl (C=O) groups is 2. The molecule has 2 amide bonds. The Bertz CT molecular complexity index is 1690. The van der Waals surface area contributed by atoms with Crippen molar-refractivity contribution >= 4 is 31.6 Å². The van der Waals surface area contributed by atoms with Crippen molar-refractivity contribution in [1.29, 1.82) is 0 Å². The summed E-state index contributed by atoms with van der Waals surface area (Å²) in [4.78, 5) is 29.1. The number of aliphatic hydroxyl groups is 1. The predicted octanol–water partition coefficient (Wildman–Crippen LogP) is 5.48. The first-order valence-corrected chi connectivity index (χ1v) is 18.3. The standard InChI is InChI=1S/C34H38FN5O4Si/c1-23-31(45(2,3)35)30(16-18-39-22-27(17-19-41)37-38-39)44-34(23)28-14-7-8-15-29(28)40(33(34)43)21-24-10-9-13-26(20-24)36-32(42)25-11-5-4-6-12-25/h4-15,20,22-23,30-31,41H,16-19,21H2,1-3H3,(H,36,42)/t23-,30+,31-,34+/m0/s1. The van der Waals surface area contributed by atoms with Crippen LogP contribution in [0.3, 0.4) is 0 Å². The van der Waals surface area contributed by atoms with Crippen LogP contribution in [0.5, 0.6) is 0 Å². The molecule has 2 aliphatic heterocycles. The van der Waals surface area contributed by atoms with Crippen LogP contribution in [0.1, 0.15) is 40.5 Å². The maximum atomic E-state index is 16.1. The first-order chi connectivity index (χ1) is 21.6. The van der Waals surface area contributed by atoms with E-state index in [9.17, 15) is 14.7 Å². The Labute approximate surface area is 263 Å². The third-order valence-electron chi connectivity index (χ3n) is 9.03. The van der Waals surface area contributed by atoms with Crippen molar-refractivity contribution in [2.24, 2.45) is 5.92 Å². The van der Waals surface area contributed by atoms with Gasteiger partial charge < -0.3 is 24.2 Å². The molecule has 4 atom stereocenters. The van der Waals surface area contributed by atoms with Gasteiger partial charge in [0.1, 0.15) is 0 Å². The second-order valence-corrected chi connectivity index (χ2v) is 16.2. The van der Waals surface area contributed by atoms with Gasteiger partial charge in [0.15, 0.2) is 5.60 Å². The van der Waals surface area contributed by atoms with Gasteiger partial charge >= 0.3 is 0 Å². The molecular weight excluding hydrogens is 589 g/mol. The molecule has 4 aromatic rings. The van der Waals surface area contributed by atoms with Gasteiger partial charge in [-0.1, -0.05) is 60.7 Å². The smallest absolute Gasteiger partial charge is 0.264 e. The molecule has 0 aliphatic carbocycles. The van der Waals surface area contributed by atoms with Crippen LogP contribution in [0.15, 0.2) is 85.1 Å². The highest BCUT2D eigenvalue weighted by Crippen LogP contribution is 2.60. The number of carbonyl (C=O) groups excluding carboxylic acids is 2. The molecule has 11 heteroatoms. The van der Waals surface area contributed by atoms with Gasteiger partial charge in [0, 0.05) is 54.0 Å². The summed E-state index contributed by atoms with van der Waals surface area (Å²) >= 11 is 0. The zero-order valence-electron chi connectivity index (χ0n) is 25.7. The normalized spacial score (nSPS) is 22.6. The lowest BCUT2D eigenvalue weighted by molar-refractivity contribution is -0.146. The number of rotatable bonds is 10. The average molecular weight is 628 g/mol. The van der Waals surface area contributed by atoms with E-state index in [1.54, 1.807) is 41.0 Å². The van der Waals surface area contributed by atoms with Gasteiger partial charge in [0.25, 0.3) is 11.8 Å². The Morgan fingerprint density at radius 2 is 1.84 bits per heavy atom. The van der Waals surface area contributed by atoms with E-state index in [2.05, 4.69) is 15.6 Å². The molecule has 0 unspecified atom stereocenters. The van der Waals surface area contributed by atoms with Crippen LogP contribution in [-0.4, -0.2) is 53.0 Å². The maximum Gasteiger partial charge on any atom is 0.264 e. The Hall–Kier alpha value is -4.19. The van der Waals surface area contributed by atoms with Gasteiger partial charge in [-0.3, -0.25) is 14.3 Å². The lowest BCUT2D eigenvalue weighted by Gasteiger charge is -2.31. The number of hydrogen-bond donors (Lipinski definition) is 2. The van der Waals surface area contributed by atoms with E-state index in [4.69, 9.17) is 4.74 Å². The van der Waals surface area contributed by atoms with E-state index in [0.717, 1.165) is 16.8 Å². The van der Waals surface area contributed by atoms with Crippen LogP contribution in [0, 0.1) is 5.92 Å². The van der Waals surface area contributed by atoms with E-state index in [1.165, 1.54) is 0 Å². The van der Waals surface area contributed by atoms with Crippen molar-refractivity contribution in [3.8, 4) is 0 Å². The molecule has 0 bridgehead atoms. The highest BCUT2D eigenvalue weighted by atomic mass is 28.4. The van der Waals surface area contributed by atoms with E-state index >= 15 is 4.11 Å². The summed E-state index contributed by atoms with van der Waals surface area (Å²) in [5, 5.41) is 20.4. The fourth-order valence-corrected chi connectivity index (χ4v) is 9.63.